The van der Waals surface area contributed by atoms with Gasteiger partial charge in [0.1, 0.15) is 12.3 Å². The number of amides is 1. The number of carbonyl (C=O) groups is 1. The fraction of sp³-hybridized carbons (Fsp3) is 0.404. The first kappa shape index (κ1) is 45.5. The van der Waals surface area contributed by atoms with Crippen molar-refractivity contribution in [1.82, 2.24) is 0 Å². The maximum Gasteiger partial charge on any atom is 0.231 e. The summed E-state index contributed by atoms with van der Waals surface area (Å²) in [6.07, 6.45) is 11.9. The van der Waals surface area contributed by atoms with Crippen molar-refractivity contribution in [3.05, 3.63) is 143 Å². The molecule has 0 radical (unpaired) electrons. The van der Waals surface area contributed by atoms with Gasteiger partial charge in [-0.25, -0.2) is 0 Å². The van der Waals surface area contributed by atoms with Gasteiger partial charge in [0.25, 0.3) is 0 Å². The molecule has 0 spiro atoms. The highest BCUT2D eigenvalue weighted by Gasteiger charge is 2.44. The van der Waals surface area contributed by atoms with Crippen LogP contribution in [-0.4, -0.2) is 62.1 Å². The van der Waals surface area contributed by atoms with Gasteiger partial charge in [0.15, 0.2) is 17.2 Å². The Balaban J connectivity index is 1.09. The predicted molar refractivity (Wildman–Crippen MR) is 271 cm³/mol. The molecule has 65 heavy (non-hydrogen) atoms. The molecule has 4 aromatic rings. The largest absolute Gasteiger partial charge is 0.493 e. The molecular formula is C57H70N5O3+. The minimum Gasteiger partial charge on any atom is -0.493 e. The van der Waals surface area contributed by atoms with Crippen LogP contribution in [0.3, 0.4) is 0 Å². The molecule has 1 amide bonds. The fourth-order valence-electron chi connectivity index (χ4n) is 10.7. The topological polar surface area (TPSA) is 51.5 Å². The summed E-state index contributed by atoms with van der Waals surface area (Å²) in [6, 6.07) is 30.0. The summed E-state index contributed by atoms with van der Waals surface area (Å²) in [4.78, 5) is 23.5. The summed E-state index contributed by atoms with van der Waals surface area (Å²) in [5.74, 6) is 2.35. The third kappa shape index (κ3) is 8.30. The summed E-state index contributed by atoms with van der Waals surface area (Å²) in [7, 11) is 0. The van der Waals surface area contributed by atoms with Crippen LogP contribution in [0, 0.1) is 0 Å². The molecule has 8 nitrogen and oxygen atoms in total. The molecule has 3 heterocycles. The Morgan fingerprint density at radius 3 is 1.95 bits per heavy atom. The van der Waals surface area contributed by atoms with Gasteiger partial charge in [-0.2, -0.15) is 4.58 Å². The number of carbonyl (C=O) groups excluding carboxylic acids is 1. The van der Waals surface area contributed by atoms with Crippen LogP contribution in [0.1, 0.15) is 106 Å². The highest BCUT2D eigenvalue weighted by molar-refractivity contribution is 6.05. The number of fused-ring (bicyclic) bond motifs is 4. The molecule has 1 aliphatic carbocycles. The molecule has 0 bridgehead atoms. The van der Waals surface area contributed by atoms with E-state index in [0.717, 1.165) is 80.6 Å². The molecule has 0 atom stereocenters. The van der Waals surface area contributed by atoms with E-state index in [0.29, 0.717) is 30.9 Å². The van der Waals surface area contributed by atoms with Gasteiger partial charge in [0, 0.05) is 97.2 Å². The molecule has 0 unspecified atom stereocenters. The van der Waals surface area contributed by atoms with Crippen molar-refractivity contribution in [2.45, 2.75) is 106 Å². The monoisotopic (exact) mass is 873 g/mol. The van der Waals surface area contributed by atoms with Crippen LogP contribution in [0.25, 0.3) is 0 Å². The number of allylic oxidation sites excluding steroid dienone is 7. The summed E-state index contributed by atoms with van der Waals surface area (Å²) >= 11 is 0. The third-order valence-electron chi connectivity index (χ3n) is 14.2. The van der Waals surface area contributed by atoms with Crippen LogP contribution in [0.5, 0.6) is 11.5 Å². The summed E-state index contributed by atoms with van der Waals surface area (Å²) in [5.41, 5.74) is 13.7. The highest BCUT2D eigenvalue weighted by atomic mass is 16.5. The minimum absolute atomic E-state index is 0.0216. The second-order valence-corrected chi connectivity index (χ2v) is 18.5. The molecule has 8 heteroatoms. The van der Waals surface area contributed by atoms with E-state index in [2.05, 4.69) is 186 Å². The highest BCUT2D eigenvalue weighted by Crippen LogP contribution is 2.50. The van der Waals surface area contributed by atoms with Gasteiger partial charge >= 0.3 is 0 Å². The summed E-state index contributed by atoms with van der Waals surface area (Å²) in [5, 5.41) is 0. The normalized spacial score (nSPS) is 18.1. The number of para-hydroxylation sites is 2. The van der Waals surface area contributed by atoms with Gasteiger partial charge in [-0.1, -0.05) is 56.3 Å². The van der Waals surface area contributed by atoms with E-state index in [-0.39, 0.29) is 16.7 Å². The molecule has 0 aromatic heterocycles. The van der Waals surface area contributed by atoms with E-state index in [9.17, 15) is 4.79 Å². The lowest BCUT2D eigenvalue weighted by atomic mass is 9.81. The molecule has 4 aliphatic rings. The zero-order chi connectivity index (χ0) is 46.0. The van der Waals surface area contributed by atoms with Gasteiger partial charge in [-0.15, -0.1) is 0 Å². The van der Waals surface area contributed by atoms with Gasteiger partial charge in [-0.3, -0.25) is 9.69 Å². The number of hydrogen-bond donors (Lipinski definition) is 0. The molecule has 0 saturated carbocycles. The number of rotatable bonds is 16. The van der Waals surface area contributed by atoms with Crippen molar-refractivity contribution in [2.24, 2.45) is 0 Å². The number of hydrogen-bond acceptors (Lipinski definition) is 6. The predicted octanol–water partition coefficient (Wildman–Crippen LogP) is 13.3. The second-order valence-electron chi connectivity index (χ2n) is 18.5. The smallest absolute Gasteiger partial charge is 0.231 e. The maximum absolute atomic E-state index is 14.6. The second kappa shape index (κ2) is 18.8. The van der Waals surface area contributed by atoms with E-state index < -0.39 is 0 Å². The Hall–Kier alpha value is -6.02. The molecule has 8 rings (SSSR count). The molecule has 4 aromatic carbocycles. The van der Waals surface area contributed by atoms with E-state index >= 15 is 0 Å². The number of nitrogens with zero attached hydrogens (tertiary/aromatic N) is 5. The van der Waals surface area contributed by atoms with Crippen LogP contribution < -0.4 is 24.3 Å². The lowest BCUT2D eigenvalue weighted by Crippen LogP contribution is -2.29. The van der Waals surface area contributed by atoms with E-state index in [4.69, 9.17) is 9.47 Å². The third-order valence-corrected chi connectivity index (χ3v) is 14.2. The van der Waals surface area contributed by atoms with E-state index in [1.54, 1.807) is 0 Å². The molecule has 340 valence electrons. The first-order valence-electron chi connectivity index (χ1n) is 24.3. The molecule has 0 fully saturated rings. The number of anilines is 5. The molecule has 0 N–H and O–H groups in total. The first-order chi connectivity index (χ1) is 31.4. The van der Waals surface area contributed by atoms with E-state index in [1.807, 2.05) is 17.0 Å². The minimum atomic E-state index is -0.129. The van der Waals surface area contributed by atoms with Crippen molar-refractivity contribution in [3.63, 3.8) is 0 Å². The van der Waals surface area contributed by atoms with Crippen molar-refractivity contribution in [2.75, 3.05) is 65.5 Å². The average Bonchev–Trinajstić information content (AvgIpc) is 3.88. The zero-order valence-corrected chi connectivity index (χ0v) is 40.6. The summed E-state index contributed by atoms with van der Waals surface area (Å²) in [6.45, 7) is 28.2. The van der Waals surface area contributed by atoms with Crippen LogP contribution in [0.15, 0.2) is 132 Å². The Morgan fingerprint density at radius 2 is 1.34 bits per heavy atom. The molecular weight excluding hydrogens is 803 g/mol. The Kier molecular flexibility index (Phi) is 13.2. The first-order valence-corrected chi connectivity index (χ1v) is 24.3. The number of likely N-dealkylation sites (N-methyl/N-ethyl adjacent to an activating group) is 1. The van der Waals surface area contributed by atoms with E-state index in [1.165, 1.54) is 45.1 Å². The van der Waals surface area contributed by atoms with Crippen molar-refractivity contribution >= 4 is 45.7 Å². The number of ether oxygens (including phenoxy) is 2. The Bertz CT molecular complexity index is 2540. The Morgan fingerprint density at radius 1 is 0.723 bits per heavy atom. The summed E-state index contributed by atoms with van der Waals surface area (Å²) < 4.78 is 16.0. The number of benzene rings is 4. The average molecular weight is 873 g/mol. The van der Waals surface area contributed by atoms with Crippen LogP contribution in [-0.2, 0) is 20.4 Å². The Labute approximate surface area is 388 Å². The molecule has 0 saturated heterocycles. The van der Waals surface area contributed by atoms with Gasteiger partial charge < -0.3 is 24.2 Å². The van der Waals surface area contributed by atoms with Crippen molar-refractivity contribution < 1.29 is 18.8 Å². The lowest BCUT2D eigenvalue weighted by molar-refractivity contribution is -0.433. The fourth-order valence-corrected chi connectivity index (χ4v) is 10.7. The van der Waals surface area contributed by atoms with Crippen LogP contribution in [0.2, 0.25) is 0 Å². The maximum atomic E-state index is 14.6. The van der Waals surface area contributed by atoms with Crippen LogP contribution >= 0.6 is 0 Å². The van der Waals surface area contributed by atoms with Crippen LogP contribution in [0.4, 0.5) is 34.1 Å². The van der Waals surface area contributed by atoms with Gasteiger partial charge in [0.05, 0.1) is 23.4 Å². The van der Waals surface area contributed by atoms with Gasteiger partial charge in [0.2, 0.25) is 11.6 Å². The van der Waals surface area contributed by atoms with Crippen molar-refractivity contribution in [3.8, 4) is 11.5 Å². The SMILES string of the molecule is CCN(CC)c1ccc2c(c1)Oc1cc(N(CC)CC)ccc1N2C(=O)CCCOC1=C(/C=C/C2=[N+](CC)c3ccccc3C2(C)C)CC/C1=C\C=C1\N(CC)c2ccccc2C1(C)C. The molecule has 3 aliphatic heterocycles. The van der Waals surface area contributed by atoms with Gasteiger partial charge in [-0.05, 0) is 134 Å². The van der Waals surface area contributed by atoms with Crippen molar-refractivity contribution in [1.29, 1.82) is 0 Å². The lowest BCUT2D eigenvalue weighted by Gasteiger charge is -2.33. The zero-order valence-electron chi connectivity index (χ0n) is 40.6. The standard InChI is InChI=1S/C57H70N5O3/c1-11-58(12-2)42-31-33-48-50(38-42)65-51-39-43(59(13-3)14-4)32-34-49(51)62(48)54(63)26-21-37-64-55-40(29-35-52-56(7,8)44-22-17-19-24-46(44)60(52)15-5)27-28-41(55)30-36-53-57(9,10)45-23-18-20-25-47(45)61(53)16-6/h17-20,22-25,29-36,38-39H,11-16,21,26-28,37H2,1-10H3/q+1. The quantitative estimate of drug-likeness (QED) is 0.0826.